The van der Waals surface area contributed by atoms with E-state index in [2.05, 4.69) is 10.5 Å². The number of carbonyl (C=O) groups is 1. The van der Waals surface area contributed by atoms with Gasteiger partial charge in [-0.2, -0.15) is 4.31 Å². The van der Waals surface area contributed by atoms with Crippen LogP contribution in [0.2, 0.25) is 0 Å². The van der Waals surface area contributed by atoms with Crippen LogP contribution in [0.4, 0.5) is 5.69 Å². The Morgan fingerprint density at radius 2 is 2.00 bits per heavy atom. The van der Waals surface area contributed by atoms with Crippen molar-refractivity contribution in [3.8, 4) is 5.75 Å². The van der Waals surface area contributed by atoms with Crippen molar-refractivity contribution in [3.05, 3.63) is 35.2 Å². The number of rotatable bonds is 6. The number of benzene rings is 1. The first kappa shape index (κ1) is 20.3. The van der Waals surface area contributed by atoms with Gasteiger partial charge in [-0.15, -0.1) is 0 Å². The maximum Gasteiger partial charge on any atom is 0.261 e. The highest BCUT2D eigenvalue weighted by Crippen LogP contribution is 2.31. The molecule has 1 fully saturated rings. The fourth-order valence-electron chi connectivity index (χ4n) is 2.99. The van der Waals surface area contributed by atoms with Gasteiger partial charge in [0.1, 0.15) is 22.0 Å². The van der Waals surface area contributed by atoms with E-state index in [1.54, 1.807) is 32.9 Å². The minimum Gasteiger partial charge on any atom is -0.492 e. The molecule has 1 aromatic heterocycles. The molecule has 9 nitrogen and oxygen atoms in total. The highest BCUT2D eigenvalue weighted by molar-refractivity contribution is 7.89. The first-order valence-electron chi connectivity index (χ1n) is 8.93. The van der Waals surface area contributed by atoms with Crippen LogP contribution in [0, 0.1) is 13.8 Å². The van der Waals surface area contributed by atoms with Gasteiger partial charge in [0.15, 0.2) is 0 Å². The molecule has 0 spiro atoms. The van der Waals surface area contributed by atoms with E-state index in [0.717, 1.165) is 0 Å². The third kappa shape index (κ3) is 4.03. The number of amides is 1. The van der Waals surface area contributed by atoms with Crippen molar-refractivity contribution in [2.75, 3.05) is 38.2 Å². The number of aryl methyl sites for hydroxylation is 2. The van der Waals surface area contributed by atoms with E-state index >= 15 is 0 Å². The Kier molecular flexibility index (Phi) is 6.01. The van der Waals surface area contributed by atoms with Gasteiger partial charge >= 0.3 is 0 Å². The lowest BCUT2D eigenvalue weighted by atomic mass is 10.2. The standard InChI is InChI=1S/C18H23N3O6S/c1-4-26-15-6-5-14(19-18(22)17-12(2)20-27-13(17)3)11-16(15)28(23,24)21-7-9-25-10-8-21/h5-6,11H,4,7-10H2,1-3H3,(H,19,22). The summed E-state index contributed by atoms with van der Waals surface area (Å²) in [7, 11) is -3.80. The fourth-order valence-corrected chi connectivity index (χ4v) is 4.55. The van der Waals surface area contributed by atoms with Gasteiger partial charge in [0.25, 0.3) is 5.91 Å². The molecule has 1 aliphatic rings. The number of nitrogens with zero attached hydrogens (tertiary/aromatic N) is 2. The van der Waals surface area contributed by atoms with Gasteiger partial charge < -0.3 is 19.3 Å². The molecule has 0 radical (unpaired) electrons. The second kappa shape index (κ2) is 8.29. The number of sulfonamides is 1. The molecule has 0 bridgehead atoms. The molecule has 1 amide bonds. The first-order chi connectivity index (χ1) is 13.3. The number of carbonyl (C=O) groups excluding carboxylic acids is 1. The number of morpholine rings is 1. The third-order valence-corrected chi connectivity index (χ3v) is 6.27. The maximum atomic E-state index is 13.1. The molecular formula is C18H23N3O6S. The minimum atomic E-state index is -3.80. The van der Waals surface area contributed by atoms with E-state index < -0.39 is 15.9 Å². The van der Waals surface area contributed by atoms with Crippen molar-refractivity contribution in [1.29, 1.82) is 0 Å². The van der Waals surface area contributed by atoms with Crippen LogP contribution >= 0.6 is 0 Å². The molecule has 2 heterocycles. The maximum absolute atomic E-state index is 13.1. The summed E-state index contributed by atoms with van der Waals surface area (Å²) in [6, 6.07) is 4.55. The van der Waals surface area contributed by atoms with Crippen LogP contribution in [0.25, 0.3) is 0 Å². The lowest BCUT2D eigenvalue weighted by Gasteiger charge is -2.27. The van der Waals surface area contributed by atoms with Gasteiger partial charge in [0.05, 0.1) is 25.5 Å². The van der Waals surface area contributed by atoms with Gasteiger partial charge in [0.2, 0.25) is 10.0 Å². The molecule has 2 aromatic rings. The van der Waals surface area contributed by atoms with E-state index in [0.29, 0.717) is 42.5 Å². The van der Waals surface area contributed by atoms with Gasteiger partial charge in [0, 0.05) is 18.8 Å². The van der Waals surface area contributed by atoms with Crippen molar-refractivity contribution >= 4 is 21.6 Å². The van der Waals surface area contributed by atoms with Crippen molar-refractivity contribution in [1.82, 2.24) is 9.46 Å². The van der Waals surface area contributed by atoms with Crippen LogP contribution in [0.3, 0.4) is 0 Å². The molecule has 0 atom stereocenters. The zero-order valence-corrected chi connectivity index (χ0v) is 16.8. The molecule has 1 saturated heterocycles. The third-order valence-electron chi connectivity index (χ3n) is 4.35. The molecule has 28 heavy (non-hydrogen) atoms. The average molecular weight is 409 g/mol. The molecule has 0 saturated carbocycles. The van der Waals surface area contributed by atoms with Gasteiger partial charge in [-0.25, -0.2) is 8.42 Å². The Hall–Kier alpha value is -2.43. The van der Waals surface area contributed by atoms with Gasteiger partial charge in [-0.1, -0.05) is 5.16 Å². The lowest BCUT2D eigenvalue weighted by Crippen LogP contribution is -2.40. The number of ether oxygens (including phenoxy) is 2. The average Bonchev–Trinajstić information content (AvgIpc) is 3.02. The summed E-state index contributed by atoms with van der Waals surface area (Å²) < 4.78 is 43.3. The SMILES string of the molecule is CCOc1ccc(NC(=O)c2c(C)noc2C)cc1S(=O)(=O)N1CCOCC1. The fraction of sp³-hybridized carbons (Fsp3) is 0.444. The van der Waals surface area contributed by atoms with Crippen LogP contribution in [0.1, 0.15) is 28.7 Å². The molecular weight excluding hydrogens is 386 g/mol. The van der Waals surface area contributed by atoms with Crippen molar-refractivity contribution in [2.24, 2.45) is 0 Å². The number of nitrogens with one attached hydrogen (secondary N) is 1. The number of aromatic nitrogens is 1. The smallest absolute Gasteiger partial charge is 0.261 e. The van der Waals surface area contributed by atoms with Crippen molar-refractivity contribution in [2.45, 2.75) is 25.7 Å². The summed E-state index contributed by atoms with van der Waals surface area (Å²) in [5, 5.41) is 6.47. The van der Waals surface area contributed by atoms with E-state index in [1.807, 2.05) is 0 Å². The molecule has 0 aliphatic carbocycles. The number of hydrogen-bond acceptors (Lipinski definition) is 7. The van der Waals surface area contributed by atoms with Crippen LogP contribution in [-0.4, -0.2) is 56.7 Å². The molecule has 0 unspecified atom stereocenters. The second-order valence-electron chi connectivity index (χ2n) is 6.26. The summed E-state index contributed by atoms with van der Waals surface area (Å²) in [6.07, 6.45) is 0. The number of hydrogen-bond donors (Lipinski definition) is 1. The van der Waals surface area contributed by atoms with Gasteiger partial charge in [-0.05, 0) is 39.0 Å². The first-order valence-corrected chi connectivity index (χ1v) is 10.4. The monoisotopic (exact) mass is 409 g/mol. The Morgan fingerprint density at radius 3 is 2.61 bits per heavy atom. The van der Waals surface area contributed by atoms with Crippen LogP contribution in [0.5, 0.6) is 5.75 Å². The molecule has 1 N–H and O–H groups in total. The molecule has 1 aromatic carbocycles. The molecule has 3 rings (SSSR count). The predicted molar refractivity (Wildman–Crippen MR) is 101 cm³/mol. The zero-order valence-electron chi connectivity index (χ0n) is 16.0. The topological polar surface area (TPSA) is 111 Å². The van der Waals surface area contributed by atoms with Gasteiger partial charge in [-0.3, -0.25) is 4.79 Å². The van der Waals surface area contributed by atoms with E-state index in [1.165, 1.54) is 10.4 Å². The summed E-state index contributed by atoms with van der Waals surface area (Å²) in [5.41, 5.74) is 1.12. The Morgan fingerprint density at radius 1 is 1.29 bits per heavy atom. The minimum absolute atomic E-state index is 0.00723. The summed E-state index contributed by atoms with van der Waals surface area (Å²) in [6.45, 7) is 6.61. The largest absolute Gasteiger partial charge is 0.492 e. The van der Waals surface area contributed by atoms with Crippen LogP contribution < -0.4 is 10.1 Å². The van der Waals surface area contributed by atoms with E-state index in [-0.39, 0.29) is 23.7 Å². The lowest BCUT2D eigenvalue weighted by molar-refractivity contribution is 0.0729. The normalized spacial score (nSPS) is 15.4. The zero-order chi connectivity index (χ0) is 20.3. The predicted octanol–water partition coefficient (Wildman–Crippen LogP) is 1.96. The Bertz CT molecular complexity index is 944. The highest BCUT2D eigenvalue weighted by Gasteiger charge is 2.30. The van der Waals surface area contributed by atoms with Crippen molar-refractivity contribution < 1.29 is 27.2 Å². The summed E-state index contributed by atoms with van der Waals surface area (Å²) in [5.74, 6) is 0.210. The highest BCUT2D eigenvalue weighted by atomic mass is 32.2. The Labute approximate surface area is 163 Å². The summed E-state index contributed by atoms with van der Waals surface area (Å²) in [4.78, 5) is 12.6. The van der Waals surface area contributed by atoms with E-state index in [4.69, 9.17) is 14.0 Å². The quantitative estimate of drug-likeness (QED) is 0.776. The van der Waals surface area contributed by atoms with Crippen LogP contribution in [-0.2, 0) is 14.8 Å². The molecule has 10 heteroatoms. The number of anilines is 1. The van der Waals surface area contributed by atoms with Crippen LogP contribution in [0.15, 0.2) is 27.6 Å². The summed E-state index contributed by atoms with van der Waals surface area (Å²) >= 11 is 0. The van der Waals surface area contributed by atoms with E-state index in [9.17, 15) is 13.2 Å². The second-order valence-corrected chi connectivity index (χ2v) is 8.17. The molecule has 152 valence electrons. The Balaban J connectivity index is 1.94. The molecule has 1 aliphatic heterocycles. The van der Waals surface area contributed by atoms with Crippen molar-refractivity contribution in [3.63, 3.8) is 0 Å².